The second kappa shape index (κ2) is 5.90. The number of H-pyrrole nitrogens is 1. The van der Waals surface area contributed by atoms with Crippen molar-refractivity contribution in [2.45, 2.75) is 26.1 Å². The van der Waals surface area contributed by atoms with Crippen molar-refractivity contribution in [3.05, 3.63) is 35.5 Å². The average Bonchev–Trinajstić information content (AvgIpc) is 3.03. The van der Waals surface area contributed by atoms with Crippen LogP contribution in [-0.2, 0) is 14.3 Å². The van der Waals surface area contributed by atoms with Gasteiger partial charge < -0.3 is 14.5 Å². The number of rotatable bonds is 4. The normalized spacial score (nSPS) is 17.4. The number of fused-ring (bicyclic) bond motifs is 1. The summed E-state index contributed by atoms with van der Waals surface area (Å²) >= 11 is 0. The van der Waals surface area contributed by atoms with Gasteiger partial charge in [-0.05, 0) is 19.9 Å². The van der Waals surface area contributed by atoms with E-state index in [0.29, 0.717) is 13.2 Å². The van der Waals surface area contributed by atoms with E-state index < -0.39 is 5.79 Å². The van der Waals surface area contributed by atoms with Gasteiger partial charge in [0.1, 0.15) is 0 Å². The van der Waals surface area contributed by atoms with Crippen molar-refractivity contribution in [2.75, 3.05) is 13.2 Å². The molecule has 22 heavy (non-hydrogen) atoms. The van der Waals surface area contributed by atoms with Crippen molar-refractivity contribution in [2.24, 2.45) is 5.10 Å². The molecular weight excluding hydrogens is 282 g/mol. The fourth-order valence-corrected chi connectivity index (χ4v) is 2.62. The van der Waals surface area contributed by atoms with Crippen LogP contribution < -0.4 is 5.43 Å². The molecule has 0 atom stereocenters. The van der Waals surface area contributed by atoms with Crippen LogP contribution in [0.1, 0.15) is 24.6 Å². The molecule has 1 aromatic carbocycles. The number of nitrogens with zero attached hydrogens (tertiary/aromatic N) is 1. The summed E-state index contributed by atoms with van der Waals surface area (Å²) in [5, 5.41) is 5.12. The number of carbonyl (C=O) groups is 1. The Morgan fingerprint density at radius 2 is 2.14 bits per heavy atom. The summed E-state index contributed by atoms with van der Waals surface area (Å²) in [4.78, 5) is 15.2. The predicted octanol–water partition coefficient (Wildman–Crippen LogP) is 2.08. The molecule has 0 unspecified atom stereocenters. The zero-order valence-corrected chi connectivity index (χ0v) is 12.7. The monoisotopic (exact) mass is 301 g/mol. The minimum Gasteiger partial charge on any atom is -0.358 e. The topological polar surface area (TPSA) is 75.7 Å². The number of hydrogen-bond acceptors (Lipinski definition) is 4. The van der Waals surface area contributed by atoms with Gasteiger partial charge in [0.2, 0.25) is 5.91 Å². The van der Waals surface area contributed by atoms with Gasteiger partial charge in [0, 0.05) is 22.2 Å². The number of nitrogens with one attached hydrogen (secondary N) is 2. The lowest BCUT2D eigenvalue weighted by Gasteiger charge is -2.20. The van der Waals surface area contributed by atoms with Gasteiger partial charge in [0.15, 0.2) is 5.79 Å². The lowest BCUT2D eigenvalue weighted by molar-refractivity contribution is -0.159. The molecule has 2 heterocycles. The molecule has 0 spiro atoms. The number of benzene rings is 1. The van der Waals surface area contributed by atoms with Gasteiger partial charge in [-0.2, -0.15) is 5.10 Å². The van der Waals surface area contributed by atoms with E-state index in [4.69, 9.17) is 9.47 Å². The Hall–Kier alpha value is -2.18. The first kappa shape index (κ1) is 14.7. The summed E-state index contributed by atoms with van der Waals surface area (Å²) in [7, 11) is 0. The Labute approximate surface area is 128 Å². The first-order valence-corrected chi connectivity index (χ1v) is 7.24. The SMILES string of the molecule is Cc1[nH]c2ccccc2c1C=NNC(=O)CC1(C)OCCO1. The Bertz CT molecular complexity index is 714. The second-order valence-electron chi connectivity index (χ2n) is 5.51. The van der Waals surface area contributed by atoms with Gasteiger partial charge in [0.05, 0.1) is 25.8 Å². The molecule has 1 aliphatic heterocycles. The maximum Gasteiger partial charge on any atom is 0.245 e. The maximum atomic E-state index is 11.9. The fraction of sp³-hybridized carbons (Fsp3) is 0.375. The van der Waals surface area contributed by atoms with Crippen LogP contribution in [0.4, 0.5) is 0 Å². The van der Waals surface area contributed by atoms with Crippen LogP contribution in [-0.4, -0.2) is 36.1 Å². The second-order valence-corrected chi connectivity index (χ2v) is 5.51. The summed E-state index contributed by atoms with van der Waals surface area (Å²) in [6, 6.07) is 7.97. The third kappa shape index (κ3) is 3.03. The highest BCUT2D eigenvalue weighted by Crippen LogP contribution is 2.22. The van der Waals surface area contributed by atoms with E-state index in [1.165, 1.54) is 0 Å². The van der Waals surface area contributed by atoms with Gasteiger partial charge in [-0.15, -0.1) is 0 Å². The van der Waals surface area contributed by atoms with Crippen molar-refractivity contribution in [3.8, 4) is 0 Å². The number of ether oxygens (including phenoxy) is 2. The van der Waals surface area contributed by atoms with Crippen LogP contribution in [0.25, 0.3) is 10.9 Å². The predicted molar refractivity (Wildman–Crippen MR) is 83.7 cm³/mol. The van der Waals surface area contributed by atoms with Crippen molar-refractivity contribution in [1.29, 1.82) is 0 Å². The van der Waals surface area contributed by atoms with Crippen LogP contribution in [0.5, 0.6) is 0 Å². The molecule has 6 nitrogen and oxygen atoms in total. The van der Waals surface area contributed by atoms with E-state index >= 15 is 0 Å². The molecular formula is C16H19N3O3. The van der Waals surface area contributed by atoms with E-state index in [-0.39, 0.29) is 12.3 Å². The Morgan fingerprint density at radius 3 is 2.91 bits per heavy atom. The highest BCUT2D eigenvalue weighted by atomic mass is 16.7. The highest BCUT2D eigenvalue weighted by molar-refractivity contribution is 6.00. The first-order valence-electron chi connectivity index (χ1n) is 7.24. The molecule has 1 aromatic heterocycles. The van der Waals surface area contributed by atoms with E-state index in [9.17, 15) is 4.79 Å². The Morgan fingerprint density at radius 1 is 1.41 bits per heavy atom. The molecule has 116 valence electrons. The zero-order valence-electron chi connectivity index (χ0n) is 12.7. The molecule has 0 saturated carbocycles. The molecule has 2 N–H and O–H groups in total. The minimum absolute atomic E-state index is 0.122. The molecule has 0 radical (unpaired) electrons. The zero-order chi connectivity index (χ0) is 15.6. The molecule has 2 aromatic rings. The standard InChI is InChI=1S/C16H19N3O3/c1-11-13(12-5-3-4-6-14(12)18-11)10-17-19-15(20)9-16(2)21-7-8-22-16/h3-6,10,18H,7-9H2,1-2H3,(H,19,20). The molecule has 0 bridgehead atoms. The molecule has 3 rings (SSSR count). The number of para-hydroxylation sites is 1. The van der Waals surface area contributed by atoms with Crippen molar-refractivity contribution < 1.29 is 14.3 Å². The quantitative estimate of drug-likeness (QED) is 0.670. The third-order valence-electron chi connectivity index (χ3n) is 3.71. The van der Waals surface area contributed by atoms with Gasteiger partial charge in [0.25, 0.3) is 0 Å². The number of hydrogen-bond donors (Lipinski definition) is 2. The Kier molecular flexibility index (Phi) is 3.96. The minimum atomic E-state index is -0.837. The van der Waals surface area contributed by atoms with Gasteiger partial charge in [-0.25, -0.2) is 5.43 Å². The molecule has 1 aliphatic rings. The molecule has 1 fully saturated rings. The van der Waals surface area contributed by atoms with E-state index in [1.54, 1.807) is 13.1 Å². The Balaban J connectivity index is 1.66. The number of amides is 1. The van der Waals surface area contributed by atoms with Crippen molar-refractivity contribution in [3.63, 3.8) is 0 Å². The van der Waals surface area contributed by atoms with Crippen molar-refractivity contribution >= 4 is 23.0 Å². The number of hydrazone groups is 1. The summed E-state index contributed by atoms with van der Waals surface area (Å²) in [6.07, 6.45) is 1.78. The van der Waals surface area contributed by atoms with Crippen LogP contribution in [0.3, 0.4) is 0 Å². The molecule has 1 saturated heterocycles. The van der Waals surface area contributed by atoms with Gasteiger partial charge in [-0.1, -0.05) is 18.2 Å². The van der Waals surface area contributed by atoms with E-state index in [0.717, 1.165) is 22.2 Å². The van der Waals surface area contributed by atoms with Crippen LogP contribution in [0.2, 0.25) is 0 Å². The van der Waals surface area contributed by atoms with E-state index in [1.807, 2.05) is 31.2 Å². The summed E-state index contributed by atoms with van der Waals surface area (Å²) < 4.78 is 10.8. The summed E-state index contributed by atoms with van der Waals surface area (Å²) in [5.74, 6) is -1.07. The largest absolute Gasteiger partial charge is 0.358 e. The maximum absolute atomic E-state index is 11.9. The first-order chi connectivity index (χ1) is 10.6. The van der Waals surface area contributed by atoms with Gasteiger partial charge >= 0.3 is 0 Å². The smallest absolute Gasteiger partial charge is 0.245 e. The number of aromatic nitrogens is 1. The molecule has 0 aliphatic carbocycles. The number of carbonyl (C=O) groups excluding carboxylic acids is 1. The third-order valence-corrected chi connectivity index (χ3v) is 3.71. The average molecular weight is 301 g/mol. The number of aromatic amines is 1. The molecule has 6 heteroatoms. The highest BCUT2D eigenvalue weighted by Gasteiger charge is 2.33. The van der Waals surface area contributed by atoms with Gasteiger partial charge in [-0.3, -0.25) is 4.79 Å². The van der Waals surface area contributed by atoms with E-state index in [2.05, 4.69) is 15.5 Å². The number of aryl methyl sites for hydroxylation is 1. The molecule has 1 amide bonds. The summed E-state index contributed by atoms with van der Waals surface area (Å²) in [6.45, 7) is 4.76. The van der Waals surface area contributed by atoms with Crippen molar-refractivity contribution in [1.82, 2.24) is 10.4 Å². The lowest BCUT2D eigenvalue weighted by atomic mass is 10.1. The lowest BCUT2D eigenvalue weighted by Crippen LogP contribution is -2.33. The van der Waals surface area contributed by atoms with Crippen LogP contribution in [0.15, 0.2) is 29.4 Å². The summed E-state index contributed by atoms with van der Waals surface area (Å²) in [5.41, 5.74) is 5.55. The van der Waals surface area contributed by atoms with Crippen LogP contribution >= 0.6 is 0 Å². The fourth-order valence-electron chi connectivity index (χ4n) is 2.62. The van der Waals surface area contributed by atoms with Crippen LogP contribution in [0, 0.1) is 6.92 Å².